The fourth-order valence-corrected chi connectivity index (χ4v) is 3.62. The number of carbonyl (C=O) groups is 2. The summed E-state index contributed by atoms with van der Waals surface area (Å²) in [5.41, 5.74) is 4.44. The third kappa shape index (κ3) is 5.41. The lowest BCUT2D eigenvalue weighted by Crippen LogP contribution is -2.19. The standard InChI is InChI=1S/C27H23F2N5O2/c1-16-4-5-20(34-25(35)19-8-11-33-24(14-19)27(2,28)29)15-21(16)17-6-9-31-22(12-17)18-7-10-32-23(13-18)26(36)30-3/h4-15H,1-3H3,(H,30,36)(H,34,35). The minimum Gasteiger partial charge on any atom is -0.354 e. The van der Waals surface area contributed by atoms with Crippen molar-refractivity contribution in [3.63, 3.8) is 0 Å². The summed E-state index contributed by atoms with van der Waals surface area (Å²) in [7, 11) is 1.54. The normalized spacial score (nSPS) is 11.1. The highest BCUT2D eigenvalue weighted by Crippen LogP contribution is 2.30. The molecule has 2 N–H and O–H groups in total. The molecule has 0 unspecified atom stereocenters. The van der Waals surface area contributed by atoms with Gasteiger partial charge in [0.15, 0.2) is 0 Å². The van der Waals surface area contributed by atoms with Crippen LogP contribution in [0, 0.1) is 6.92 Å². The van der Waals surface area contributed by atoms with E-state index < -0.39 is 17.5 Å². The van der Waals surface area contributed by atoms with Gasteiger partial charge in [-0.15, -0.1) is 0 Å². The first-order valence-corrected chi connectivity index (χ1v) is 11.1. The summed E-state index contributed by atoms with van der Waals surface area (Å²) in [6.07, 6.45) is 4.41. The number of aromatic nitrogens is 3. The molecule has 0 aliphatic rings. The molecule has 36 heavy (non-hydrogen) atoms. The number of nitrogens with zero attached hydrogens (tertiary/aromatic N) is 3. The molecule has 4 aromatic rings. The Hall–Kier alpha value is -4.53. The second kappa shape index (κ2) is 9.99. The van der Waals surface area contributed by atoms with E-state index in [1.807, 2.05) is 31.2 Å². The molecule has 9 heteroatoms. The molecule has 0 fully saturated rings. The van der Waals surface area contributed by atoms with Crippen LogP contribution in [0.4, 0.5) is 14.5 Å². The largest absolute Gasteiger partial charge is 0.354 e. The Labute approximate surface area is 206 Å². The minimum absolute atomic E-state index is 0.0828. The summed E-state index contributed by atoms with van der Waals surface area (Å²) < 4.78 is 27.2. The van der Waals surface area contributed by atoms with Crippen molar-refractivity contribution >= 4 is 17.5 Å². The Morgan fingerprint density at radius 2 is 1.56 bits per heavy atom. The number of pyridine rings is 3. The monoisotopic (exact) mass is 487 g/mol. The Morgan fingerprint density at radius 3 is 2.31 bits per heavy atom. The van der Waals surface area contributed by atoms with Gasteiger partial charge in [-0.3, -0.25) is 24.5 Å². The van der Waals surface area contributed by atoms with Crippen molar-refractivity contribution < 1.29 is 18.4 Å². The number of nitrogens with one attached hydrogen (secondary N) is 2. The molecular weight excluding hydrogens is 464 g/mol. The van der Waals surface area contributed by atoms with E-state index in [4.69, 9.17) is 0 Å². The van der Waals surface area contributed by atoms with E-state index in [0.717, 1.165) is 35.2 Å². The number of carbonyl (C=O) groups excluding carboxylic acids is 2. The van der Waals surface area contributed by atoms with E-state index in [-0.39, 0.29) is 17.2 Å². The Balaban J connectivity index is 1.63. The van der Waals surface area contributed by atoms with Gasteiger partial charge in [-0.25, -0.2) is 0 Å². The SMILES string of the molecule is CNC(=O)c1cc(-c2cc(-c3cc(NC(=O)c4ccnc(C(C)(F)F)c4)ccc3C)ccn2)ccn1. The number of halogens is 2. The number of hydrogen-bond donors (Lipinski definition) is 2. The number of hydrogen-bond acceptors (Lipinski definition) is 5. The molecule has 4 rings (SSSR count). The predicted molar refractivity (Wildman–Crippen MR) is 133 cm³/mol. The molecule has 182 valence electrons. The smallest absolute Gasteiger partial charge is 0.286 e. The van der Waals surface area contributed by atoms with E-state index in [1.165, 1.54) is 19.3 Å². The molecule has 7 nitrogen and oxygen atoms in total. The van der Waals surface area contributed by atoms with Crippen LogP contribution in [0.15, 0.2) is 73.2 Å². The molecule has 0 bridgehead atoms. The fraction of sp³-hybridized carbons (Fsp3) is 0.148. The lowest BCUT2D eigenvalue weighted by atomic mass is 9.98. The quantitative estimate of drug-likeness (QED) is 0.388. The molecule has 0 aliphatic carbocycles. The molecule has 3 aromatic heterocycles. The van der Waals surface area contributed by atoms with Crippen LogP contribution < -0.4 is 10.6 Å². The number of aryl methyl sites for hydroxylation is 1. The zero-order valence-corrected chi connectivity index (χ0v) is 19.8. The van der Waals surface area contributed by atoms with Crippen molar-refractivity contribution in [1.82, 2.24) is 20.3 Å². The maximum Gasteiger partial charge on any atom is 0.286 e. The van der Waals surface area contributed by atoms with Gasteiger partial charge < -0.3 is 10.6 Å². The highest BCUT2D eigenvalue weighted by molar-refractivity contribution is 6.04. The molecule has 0 spiro atoms. The highest BCUT2D eigenvalue weighted by Gasteiger charge is 2.27. The van der Waals surface area contributed by atoms with Crippen LogP contribution in [-0.2, 0) is 5.92 Å². The number of anilines is 1. The third-order valence-corrected chi connectivity index (χ3v) is 5.55. The first kappa shape index (κ1) is 24.6. The number of amides is 2. The first-order valence-electron chi connectivity index (χ1n) is 11.1. The van der Waals surface area contributed by atoms with Gasteiger partial charge >= 0.3 is 0 Å². The van der Waals surface area contributed by atoms with E-state index in [9.17, 15) is 18.4 Å². The van der Waals surface area contributed by atoms with Crippen LogP contribution in [0.2, 0.25) is 0 Å². The Morgan fingerprint density at radius 1 is 0.833 bits per heavy atom. The third-order valence-electron chi connectivity index (χ3n) is 5.55. The molecule has 0 atom stereocenters. The van der Waals surface area contributed by atoms with Gasteiger partial charge in [0.1, 0.15) is 11.4 Å². The van der Waals surface area contributed by atoms with Crippen molar-refractivity contribution in [2.75, 3.05) is 12.4 Å². The fourth-order valence-electron chi connectivity index (χ4n) is 3.62. The van der Waals surface area contributed by atoms with Crippen molar-refractivity contribution in [2.45, 2.75) is 19.8 Å². The van der Waals surface area contributed by atoms with Crippen LogP contribution in [0.25, 0.3) is 22.4 Å². The maximum absolute atomic E-state index is 13.6. The average molecular weight is 488 g/mol. The summed E-state index contributed by atoms with van der Waals surface area (Å²) in [4.78, 5) is 36.9. The Kier molecular flexibility index (Phi) is 6.82. The van der Waals surface area contributed by atoms with Gasteiger partial charge in [-0.05, 0) is 72.1 Å². The maximum atomic E-state index is 13.6. The van der Waals surface area contributed by atoms with Gasteiger partial charge in [-0.2, -0.15) is 8.78 Å². The van der Waals surface area contributed by atoms with Crippen molar-refractivity contribution in [1.29, 1.82) is 0 Å². The van der Waals surface area contributed by atoms with Crippen molar-refractivity contribution in [3.05, 3.63) is 95.7 Å². The second-order valence-electron chi connectivity index (χ2n) is 8.24. The highest BCUT2D eigenvalue weighted by atomic mass is 19.3. The number of rotatable bonds is 6. The molecule has 1 aromatic carbocycles. The van der Waals surface area contributed by atoms with Gasteiger partial charge in [0, 0.05) is 49.4 Å². The van der Waals surface area contributed by atoms with E-state index in [1.54, 1.807) is 30.6 Å². The Bertz CT molecular complexity index is 1450. The van der Waals surface area contributed by atoms with E-state index >= 15 is 0 Å². The van der Waals surface area contributed by atoms with Gasteiger partial charge in [0.05, 0.1) is 5.69 Å². The topological polar surface area (TPSA) is 96.9 Å². The number of alkyl halides is 2. The van der Waals surface area contributed by atoms with E-state index in [0.29, 0.717) is 11.4 Å². The van der Waals surface area contributed by atoms with Crippen molar-refractivity contribution in [2.24, 2.45) is 0 Å². The number of benzene rings is 1. The summed E-state index contributed by atoms with van der Waals surface area (Å²) >= 11 is 0. The van der Waals surface area contributed by atoms with Crippen LogP contribution in [-0.4, -0.2) is 33.8 Å². The molecule has 0 saturated heterocycles. The van der Waals surface area contributed by atoms with Crippen molar-refractivity contribution in [3.8, 4) is 22.4 Å². The second-order valence-corrected chi connectivity index (χ2v) is 8.24. The lowest BCUT2D eigenvalue weighted by Gasteiger charge is -2.13. The van der Waals surface area contributed by atoms with Gasteiger partial charge in [-0.1, -0.05) is 6.07 Å². The summed E-state index contributed by atoms with van der Waals surface area (Å²) in [5.74, 6) is -3.97. The van der Waals surface area contributed by atoms with Crippen LogP contribution in [0.1, 0.15) is 39.0 Å². The molecule has 3 heterocycles. The van der Waals surface area contributed by atoms with E-state index in [2.05, 4.69) is 25.6 Å². The summed E-state index contributed by atoms with van der Waals surface area (Å²) in [6, 6.07) is 15.0. The van der Waals surface area contributed by atoms with Gasteiger partial charge in [0.25, 0.3) is 17.7 Å². The minimum atomic E-state index is -3.15. The van der Waals surface area contributed by atoms with Crippen LogP contribution >= 0.6 is 0 Å². The predicted octanol–water partition coefficient (Wildman–Crippen LogP) is 5.24. The molecule has 0 radical (unpaired) electrons. The lowest BCUT2D eigenvalue weighted by molar-refractivity contribution is 0.0127. The summed E-state index contributed by atoms with van der Waals surface area (Å²) in [5, 5.41) is 5.32. The zero-order chi connectivity index (χ0) is 25.9. The first-order chi connectivity index (χ1) is 17.2. The van der Waals surface area contributed by atoms with Crippen LogP contribution in [0.5, 0.6) is 0 Å². The molecule has 0 saturated carbocycles. The summed E-state index contributed by atoms with van der Waals surface area (Å²) in [6.45, 7) is 2.67. The molecule has 2 amide bonds. The average Bonchev–Trinajstić information content (AvgIpc) is 2.89. The van der Waals surface area contributed by atoms with Gasteiger partial charge in [0.2, 0.25) is 0 Å². The molecule has 0 aliphatic heterocycles. The van der Waals surface area contributed by atoms with Crippen LogP contribution in [0.3, 0.4) is 0 Å². The molecular formula is C27H23F2N5O2. The zero-order valence-electron chi connectivity index (χ0n) is 19.8.